The van der Waals surface area contributed by atoms with E-state index in [0.29, 0.717) is 0 Å². The van der Waals surface area contributed by atoms with Crippen molar-refractivity contribution >= 4 is 22.7 Å². The number of alkyl halides is 2. The lowest BCUT2D eigenvalue weighted by atomic mass is 10.1. The molecular weight excluding hydrogens is 218 g/mol. The second-order valence-electron chi connectivity index (χ2n) is 2.39. The van der Waals surface area contributed by atoms with E-state index in [9.17, 15) is 13.6 Å². The van der Waals surface area contributed by atoms with E-state index < -0.39 is 34.4 Å². The predicted molar refractivity (Wildman–Crippen MR) is 45.5 cm³/mol. The van der Waals surface area contributed by atoms with Crippen LogP contribution in [0.15, 0.2) is 6.20 Å². The number of carbonyl (C=O) groups excluding carboxylic acids is 1. The van der Waals surface area contributed by atoms with E-state index in [2.05, 4.69) is 4.98 Å². The van der Waals surface area contributed by atoms with Gasteiger partial charge in [0.2, 0.25) is 0 Å². The third-order valence-corrected chi connectivity index (χ3v) is 1.73. The minimum Gasteiger partial charge on any atom is -0.506 e. The summed E-state index contributed by atoms with van der Waals surface area (Å²) in [4.78, 5) is 14.0. The summed E-state index contributed by atoms with van der Waals surface area (Å²) in [5.74, 6) is -1.24. The Kier molecular flexibility index (Phi) is 2.85. The maximum Gasteiger partial charge on any atom is 0.268 e. The molecule has 1 aromatic heterocycles. The maximum absolute atomic E-state index is 12.4. The fourth-order valence-corrected chi connectivity index (χ4v) is 1.16. The second kappa shape index (κ2) is 3.75. The molecule has 0 radical (unpaired) electrons. The Bertz CT molecular complexity index is 384. The van der Waals surface area contributed by atoms with Gasteiger partial charge in [-0.3, -0.25) is 4.79 Å². The zero-order chi connectivity index (χ0) is 10.9. The molecule has 0 saturated heterocycles. The third-order valence-electron chi connectivity index (χ3n) is 1.54. The first-order chi connectivity index (χ1) is 6.45. The van der Waals surface area contributed by atoms with Gasteiger partial charge in [-0.2, -0.15) is 0 Å². The molecule has 7 heteroatoms. The number of carbonyl (C=O) groups is 1. The van der Waals surface area contributed by atoms with Crippen LogP contribution in [0, 0.1) is 0 Å². The van der Waals surface area contributed by atoms with Gasteiger partial charge in [0, 0.05) is 0 Å². The van der Waals surface area contributed by atoms with E-state index in [1.54, 1.807) is 0 Å². The molecule has 0 spiro atoms. The van der Waals surface area contributed by atoms with Crippen molar-refractivity contribution < 1.29 is 18.7 Å². The van der Waals surface area contributed by atoms with Crippen LogP contribution in [-0.2, 0) is 0 Å². The number of hydrogen-bond donors (Lipinski definition) is 2. The highest BCUT2D eigenvalue weighted by molar-refractivity contribution is 6.68. The molecule has 0 bridgehead atoms. The molecule has 1 rings (SSSR count). The average molecular weight is 223 g/mol. The first-order valence-electron chi connectivity index (χ1n) is 3.40. The number of rotatable bonds is 2. The standard InChI is InChI=1S/C7H5ClF2N2O2/c8-5(14)3-2(13)1-12-7(11)4(3)6(9)10/h1,6,13H,(H2,11,12). The average Bonchev–Trinajstić information content (AvgIpc) is 2.07. The Morgan fingerprint density at radius 3 is 2.57 bits per heavy atom. The topological polar surface area (TPSA) is 76.2 Å². The number of nitrogens with two attached hydrogens (primary N) is 1. The number of anilines is 1. The monoisotopic (exact) mass is 222 g/mol. The van der Waals surface area contributed by atoms with Crippen LogP contribution in [0.5, 0.6) is 5.75 Å². The molecule has 0 aliphatic rings. The summed E-state index contributed by atoms with van der Waals surface area (Å²) < 4.78 is 24.8. The van der Waals surface area contributed by atoms with Crippen LogP contribution in [0.25, 0.3) is 0 Å². The number of pyridine rings is 1. The summed E-state index contributed by atoms with van der Waals surface area (Å²) >= 11 is 5.01. The van der Waals surface area contributed by atoms with Crippen molar-refractivity contribution in [3.63, 3.8) is 0 Å². The number of aromatic hydroxyl groups is 1. The molecule has 76 valence electrons. The molecule has 0 saturated carbocycles. The van der Waals surface area contributed by atoms with Crippen molar-refractivity contribution in [2.24, 2.45) is 0 Å². The van der Waals surface area contributed by atoms with Crippen molar-refractivity contribution in [1.82, 2.24) is 4.98 Å². The van der Waals surface area contributed by atoms with Gasteiger partial charge in [-0.05, 0) is 11.6 Å². The number of nitrogens with zero attached hydrogens (tertiary/aromatic N) is 1. The molecule has 0 aliphatic heterocycles. The summed E-state index contributed by atoms with van der Waals surface area (Å²) in [7, 11) is 0. The third kappa shape index (κ3) is 1.74. The molecule has 0 aliphatic carbocycles. The number of hydrogen-bond acceptors (Lipinski definition) is 4. The highest BCUT2D eigenvalue weighted by atomic mass is 35.5. The molecule has 3 N–H and O–H groups in total. The highest BCUT2D eigenvalue weighted by Crippen LogP contribution is 2.33. The minimum absolute atomic E-state index is 0.526. The number of halogens is 3. The van der Waals surface area contributed by atoms with Gasteiger partial charge in [0.1, 0.15) is 11.6 Å². The largest absolute Gasteiger partial charge is 0.506 e. The second-order valence-corrected chi connectivity index (χ2v) is 2.74. The van der Waals surface area contributed by atoms with Crippen LogP contribution in [0.4, 0.5) is 14.6 Å². The first-order valence-corrected chi connectivity index (χ1v) is 3.78. The summed E-state index contributed by atoms with van der Waals surface area (Å²) in [5.41, 5.74) is 3.57. The fourth-order valence-electron chi connectivity index (χ4n) is 0.958. The summed E-state index contributed by atoms with van der Waals surface area (Å²) in [6, 6.07) is 0. The molecular formula is C7H5ClF2N2O2. The van der Waals surface area contributed by atoms with Gasteiger partial charge in [0.25, 0.3) is 11.7 Å². The van der Waals surface area contributed by atoms with Gasteiger partial charge in [0.05, 0.1) is 17.3 Å². The molecule has 1 aromatic rings. The zero-order valence-corrected chi connectivity index (χ0v) is 7.42. The summed E-state index contributed by atoms with van der Waals surface area (Å²) in [5, 5.41) is 7.88. The Morgan fingerprint density at radius 2 is 2.21 bits per heavy atom. The van der Waals surface area contributed by atoms with Gasteiger partial charge in [-0.1, -0.05) is 0 Å². The van der Waals surface area contributed by atoms with Crippen LogP contribution in [0.2, 0.25) is 0 Å². The van der Waals surface area contributed by atoms with E-state index in [1.807, 2.05) is 0 Å². The number of nitrogen functional groups attached to an aromatic ring is 1. The van der Waals surface area contributed by atoms with E-state index >= 15 is 0 Å². The predicted octanol–water partition coefficient (Wildman–Crippen LogP) is 1.69. The fraction of sp³-hybridized carbons (Fsp3) is 0.143. The van der Waals surface area contributed by atoms with Crippen molar-refractivity contribution in [2.75, 3.05) is 5.73 Å². The first kappa shape index (κ1) is 10.6. The van der Waals surface area contributed by atoms with Gasteiger partial charge >= 0.3 is 0 Å². The molecule has 4 nitrogen and oxygen atoms in total. The van der Waals surface area contributed by atoms with Gasteiger partial charge in [-0.15, -0.1) is 0 Å². The Balaban J connectivity index is 3.50. The van der Waals surface area contributed by atoms with E-state index in [-0.39, 0.29) is 0 Å². The SMILES string of the molecule is Nc1ncc(O)c(C(=O)Cl)c1C(F)F. The molecule has 0 atom stereocenters. The maximum atomic E-state index is 12.4. The van der Waals surface area contributed by atoms with E-state index in [1.165, 1.54) is 0 Å². The molecule has 0 amide bonds. The molecule has 0 unspecified atom stereocenters. The molecule has 0 aromatic carbocycles. The molecule has 0 fully saturated rings. The normalized spacial score (nSPS) is 10.6. The lowest BCUT2D eigenvalue weighted by Crippen LogP contribution is -2.05. The lowest BCUT2D eigenvalue weighted by molar-refractivity contribution is 0.106. The van der Waals surface area contributed by atoms with Gasteiger partial charge < -0.3 is 10.8 Å². The van der Waals surface area contributed by atoms with Crippen LogP contribution in [0.1, 0.15) is 22.3 Å². The Labute approximate surface area is 82.3 Å². The van der Waals surface area contributed by atoms with E-state index in [0.717, 1.165) is 6.20 Å². The van der Waals surface area contributed by atoms with Crippen LogP contribution >= 0.6 is 11.6 Å². The summed E-state index contributed by atoms with van der Waals surface area (Å²) in [6.45, 7) is 0. The molecule has 14 heavy (non-hydrogen) atoms. The quantitative estimate of drug-likeness (QED) is 0.747. The Hall–Kier alpha value is -1.43. The van der Waals surface area contributed by atoms with Crippen molar-refractivity contribution in [2.45, 2.75) is 6.43 Å². The zero-order valence-electron chi connectivity index (χ0n) is 6.67. The number of aromatic nitrogens is 1. The minimum atomic E-state index is -3.02. The van der Waals surface area contributed by atoms with Crippen molar-refractivity contribution in [3.05, 3.63) is 17.3 Å². The van der Waals surface area contributed by atoms with Crippen LogP contribution in [0.3, 0.4) is 0 Å². The highest BCUT2D eigenvalue weighted by Gasteiger charge is 2.24. The van der Waals surface area contributed by atoms with Gasteiger partial charge in [-0.25, -0.2) is 13.8 Å². The lowest BCUT2D eigenvalue weighted by Gasteiger charge is -2.08. The van der Waals surface area contributed by atoms with Crippen LogP contribution < -0.4 is 5.73 Å². The van der Waals surface area contributed by atoms with Crippen LogP contribution in [-0.4, -0.2) is 15.3 Å². The van der Waals surface area contributed by atoms with Crippen molar-refractivity contribution in [3.8, 4) is 5.75 Å². The van der Waals surface area contributed by atoms with Gasteiger partial charge in [0.15, 0.2) is 0 Å². The molecule has 1 heterocycles. The van der Waals surface area contributed by atoms with E-state index in [4.69, 9.17) is 22.4 Å². The Morgan fingerprint density at radius 1 is 1.64 bits per heavy atom. The summed E-state index contributed by atoms with van der Waals surface area (Å²) in [6.07, 6.45) is -2.23. The van der Waals surface area contributed by atoms with Crippen molar-refractivity contribution in [1.29, 1.82) is 0 Å². The smallest absolute Gasteiger partial charge is 0.268 e.